The van der Waals surface area contributed by atoms with Crippen molar-refractivity contribution < 1.29 is 14.3 Å². The van der Waals surface area contributed by atoms with Gasteiger partial charge in [0, 0.05) is 12.8 Å². The van der Waals surface area contributed by atoms with Crippen LogP contribution >= 0.6 is 0 Å². The van der Waals surface area contributed by atoms with Crippen LogP contribution in [-0.4, -0.2) is 51.2 Å². The van der Waals surface area contributed by atoms with E-state index in [0.29, 0.717) is 37.1 Å². The van der Waals surface area contributed by atoms with Gasteiger partial charge in [0.25, 0.3) is 0 Å². The van der Waals surface area contributed by atoms with Crippen molar-refractivity contribution in [1.82, 2.24) is 10.9 Å². The predicted octanol–water partition coefficient (Wildman–Crippen LogP) is 0.282. The van der Waals surface area contributed by atoms with Crippen molar-refractivity contribution in [2.24, 2.45) is 28.5 Å². The molecule has 3 rings (SSSR count). The van der Waals surface area contributed by atoms with E-state index in [1.165, 1.54) is 0 Å². The van der Waals surface area contributed by atoms with E-state index in [-0.39, 0.29) is 17.3 Å². The number of carbonyl (C=O) groups is 2. The van der Waals surface area contributed by atoms with Crippen LogP contribution in [0.15, 0.2) is 5.10 Å². The third kappa shape index (κ3) is 4.97. The molecule has 8 nitrogen and oxygen atoms in total. The van der Waals surface area contributed by atoms with Crippen LogP contribution in [0.1, 0.15) is 64.2 Å². The summed E-state index contributed by atoms with van der Waals surface area (Å²) in [5.74, 6) is 6.39. The Balaban J connectivity index is 1.48. The lowest BCUT2D eigenvalue weighted by molar-refractivity contribution is -0.148. The van der Waals surface area contributed by atoms with Crippen molar-refractivity contribution in [3.05, 3.63) is 0 Å². The molecule has 2 aliphatic heterocycles. The van der Waals surface area contributed by atoms with Crippen LogP contribution in [0, 0.1) is 11.8 Å². The molecule has 0 bridgehead atoms. The van der Waals surface area contributed by atoms with Crippen molar-refractivity contribution in [2.45, 2.75) is 80.9 Å². The minimum absolute atomic E-state index is 0.00750. The Morgan fingerprint density at radius 3 is 2.97 bits per heavy atom. The molecule has 1 saturated carbocycles. The molecule has 0 aromatic rings. The average molecular weight is 400 g/mol. The van der Waals surface area contributed by atoms with Gasteiger partial charge in [0.1, 0.15) is 25.4 Å². The van der Waals surface area contributed by atoms with Gasteiger partial charge in [-0.2, -0.15) is 5.10 Å². The topological polar surface area (TPSA) is 132 Å². The van der Waals surface area contributed by atoms with Gasteiger partial charge in [0.15, 0.2) is 0 Å². The lowest BCUT2D eigenvalue weighted by atomic mass is 9.60. The number of hydrazine groups is 1. The molecule has 5 unspecified atom stereocenters. The second-order valence-corrected chi connectivity index (χ2v) is 8.78. The Labute approximate surface area is 174 Å². The molecule has 3 fully saturated rings. The predicted molar refractivity (Wildman–Crippen MR) is 113 cm³/mol. The number of unbranched alkanes of at least 4 members (excludes halogenated alkanes) is 3. The first-order valence-electron chi connectivity index (χ1n) is 10.8. The van der Waals surface area contributed by atoms with Crippen LogP contribution in [0.2, 0.25) is 5.31 Å². The number of amidine groups is 1. The summed E-state index contributed by atoms with van der Waals surface area (Å²) in [6, 6.07) is -0.362. The van der Waals surface area contributed by atoms with Crippen LogP contribution in [0.5, 0.6) is 0 Å². The highest BCUT2D eigenvalue weighted by molar-refractivity contribution is 6.72. The lowest BCUT2D eigenvalue weighted by Gasteiger charge is -2.47. The minimum atomic E-state index is -0.557. The molecule has 6 N–H and O–H groups in total. The maximum absolute atomic E-state index is 12.6. The first-order valence-corrected chi connectivity index (χ1v) is 10.8. The number of aldehydes is 1. The Kier molecular flexibility index (Phi) is 7.27. The van der Waals surface area contributed by atoms with Gasteiger partial charge in [-0.15, -0.1) is 0 Å². The van der Waals surface area contributed by atoms with E-state index in [1.807, 2.05) is 0 Å². The van der Waals surface area contributed by atoms with E-state index in [1.54, 1.807) is 0 Å². The second kappa shape index (κ2) is 9.51. The molecule has 2 saturated heterocycles. The van der Waals surface area contributed by atoms with Gasteiger partial charge in [0.2, 0.25) is 0 Å². The summed E-state index contributed by atoms with van der Waals surface area (Å²) in [5, 5.41) is 6.61. The number of piperidine rings is 1. The maximum Gasteiger partial charge on any atom is 0.323 e. The Morgan fingerprint density at radius 2 is 2.21 bits per heavy atom. The van der Waals surface area contributed by atoms with Crippen molar-refractivity contribution in [3.63, 3.8) is 0 Å². The van der Waals surface area contributed by atoms with Crippen LogP contribution in [0.25, 0.3) is 0 Å². The van der Waals surface area contributed by atoms with E-state index in [0.717, 1.165) is 57.7 Å². The summed E-state index contributed by atoms with van der Waals surface area (Å²) >= 11 is 0. The molecular weight excluding hydrogens is 368 g/mol. The Morgan fingerprint density at radius 1 is 1.38 bits per heavy atom. The van der Waals surface area contributed by atoms with E-state index in [2.05, 4.69) is 23.2 Å². The summed E-state index contributed by atoms with van der Waals surface area (Å²) in [6.45, 7) is 0.392. The third-order valence-corrected chi connectivity index (χ3v) is 6.93. The molecule has 2 heterocycles. The van der Waals surface area contributed by atoms with Gasteiger partial charge < -0.3 is 20.6 Å². The molecule has 3 radical (unpaired) electrons. The van der Waals surface area contributed by atoms with E-state index in [4.69, 9.17) is 24.2 Å². The molecule has 5 atom stereocenters. The number of hydrogen-bond acceptors (Lipinski definition) is 7. The maximum atomic E-state index is 12.6. The molecule has 29 heavy (non-hydrogen) atoms. The van der Waals surface area contributed by atoms with Crippen molar-refractivity contribution in [3.8, 4) is 0 Å². The van der Waals surface area contributed by atoms with Gasteiger partial charge in [-0.25, -0.2) is 11.4 Å². The standard InChI is InChI=1S/C19H32B2N5O3/c20-19-18(21-19)8-7-13(5-6-16(22)25-26-23)11-14(18)12-15(24-19)17(28)29-10-4-2-1-3-9-27/h9,13-15,24,26H,1-8,10-12,23H2,(H2,22,25). The SMILES string of the molecule is [B]C12[B]C13CCC(CC/C(N)=N/NN)CC3CC(C(=O)OCCCCCC=O)N2. The third-order valence-electron chi connectivity index (χ3n) is 6.93. The zero-order valence-electron chi connectivity index (χ0n) is 17.1. The van der Waals surface area contributed by atoms with Crippen molar-refractivity contribution in [2.75, 3.05) is 6.61 Å². The number of carbonyl (C=O) groups excluding carboxylic acids is 2. The Bertz CT molecular complexity index is 637. The number of hydrazone groups is 1. The number of nitrogens with two attached hydrogens (primary N) is 2. The average Bonchev–Trinajstić information content (AvgIpc) is 3.32. The van der Waals surface area contributed by atoms with Crippen molar-refractivity contribution in [1.29, 1.82) is 0 Å². The fourth-order valence-corrected chi connectivity index (χ4v) is 5.28. The van der Waals surface area contributed by atoms with Gasteiger partial charge in [-0.05, 0) is 55.7 Å². The summed E-state index contributed by atoms with van der Waals surface area (Å²) in [7, 11) is 8.77. The number of nitrogens with one attached hydrogen (secondary N) is 2. The van der Waals surface area contributed by atoms with Crippen LogP contribution in [-0.2, 0) is 14.3 Å². The zero-order chi connectivity index (χ0) is 20.9. The van der Waals surface area contributed by atoms with Crippen LogP contribution < -0.4 is 22.4 Å². The van der Waals surface area contributed by atoms with E-state index in [9.17, 15) is 9.59 Å². The van der Waals surface area contributed by atoms with Gasteiger partial charge in [0.05, 0.1) is 14.5 Å². The summed E-state index contributed by atoms with van der Waals surface area (Å²) in [6.07, 6.45) is 9.60. The summed E-state index contributed by atoms with van der Waals surface area (Å²) in [5.41, 5.74) is 8.06. The monoisotopic (exact) mass is 400 g/mol. The molecule has 1 aliphatic carbocycles. The second-order valence-electron chi connectivity index (χ2n) is 8.78. The summed E-state index contributed by atoms with van der Waals surface area (Å²) < 4.78 is 5.47. The van der Waals surface area contributed by atoms with Crippen molar-refractivity contribution >= 4 is 33.2 Å². The molecule has 3 aliphatic rings. The lowest BCUT2D eigenvalue weighted by Crippen LogP contribution is -2.55. The zero-order valence-corrected chi connectivity index (χ0v) is 17.1. The number of nitrogens with zero attached hydrogens (tertiary/aromatic N) is 1. The smallest absolute Gasteiger partial charge is 0.323 e. The van der Waals surface area contributed by atoms with Crippen LogP contribution in [0.3, 0.4) is 0 Å². The quantitative estimate of drug-likeness (QED) is 0.0573. The van der Waals surface area contributed by atoms with Crippen LogP contribution in [0.4, 0.5) is 0 Å². The minimum Gasteiger partial charge on any atom is -0.465 e. The van der Waals surface area contributed by atoms with Gasteiger partial charge in [-0.3, -0.25) is 4.79 Å². The highest BCUT2D eigenvalue weighted by Crippen LogP contribution is 2.69. The molecule has 0 aromatic carbocycles. The fraction of sp³-hybridized carbons (Fsp3) is 0.842. The number of rotatable bonds is 11. The van der Waals surface area contributed by atoms with Gasteiger partial charge >= 0.3 is 5.97 Å². The highest BCUT2D eigenvalue weighted by Gasteiger charge is 2.71. The van der Waals surface area contributed by atoms with E-state index >= 15 is 0 Å². The molecule has 0 amide bonds. The number of esters is 1. The molecule has 10 heteroatoms. The first kappa shape index (κ1) is 22.2. The highest BCUT2D eigenvalue weighted by atomic mass is 16.5. The Hall–Kier alpha value is -1.54. The number of ether oxygens (including phenoxy) is 1. The molecule has 1 spiro atoms. The van der Waals surface area contributed by atoms with E-state index < -0.39 is 5.34 Å². The largest absolute Gasteiger partial charge is 0.465 e. The van der Waals surface area contributed by atoms with Gasteiger partial charge in [-0.1, -0.05) is 18.2 Å². The fourth-order valence-electron chi connectivity index (χ4n) is 5.28. The first-order chi connectivity index (χ1) is 13.9. The number of hydrogen-bond donors (Lipinski definition) is 4. The molecule has 0 aromatic heterocycles. The molecular formula is C19H32B2N5O3. The molecule has 157 valence electrons. The summed E-state index contributed by atoms with van der Waals surface area (Å²) in [4.78, 5) is 22.9. The normalized spacial score (nSPS) is 35.6.